The fourth-order valence-electron chi connectivity index (χ4n) is 1.16. The first-order valence-corrected chi connectivity index (χ1v) is 5.28. The number of carboxylic acid groups (broad SMARTS) is 1. The zero-order valence-electron chi connectivity index (χ0n) is 8.20. The van der Waals surface area contributed by atoms with E-state index in [1.165, 1.54) is 12.4 Å². The molecule has 1 N–H and O–H groups in total. The molecule has 1 heterocycles. The Morgan fingerprint density at radius 3 is 2.47 bits per heavy atom. The molecular formula is C10H11Cl2NO2. The van der Waals surface area contributed by atoms with Gasteiger partial charge in [-0.05, 0) is 18.4 Å². The molecule has 0 bridgehead atoms. The molecule has 0 saturated heterocycles. The van der Waals surface area contributed by atoms with E-state index in [9.17, 15) is 4.79 Å². The molecule has 0 fully saturated rings. The number of aliphatic carboxylic acids is 1. The second-order valence-electron chi connectivity index (χ2n) is 3.36. The second-order valence-corrected chi connectivity index (χ2v) is 4.17. The number of halogens is 2. The van der Waals surface area contributed by atoms with E-state index in [0.717, 1.165) is 5.56 Å². The van der Waals surface area contributed by atoms with Gasteiger partial charge in [-0.25, -0.2) is 0 Å². The van der Waals surface area contributed by atoms with Crippen LogP contribution in [0.15, 0.2) is 12.4 Å². The van der Waals surface area contributed by atoms with Crippen LogP contribution >= 0.6 is 23.2 Å². The Balaban J connectivity index is 2.69. The maximum Gasteiger partial charge on any atom is 0.306 e. The predicted molar refractivity (Wildman–Crippen MR) is 59.4 cm³/mol. The molecule has 0 saturated carbocycles. The lowest BCUT2D eigenvalue weighted by atomic mass is 10.0. The molecule has 0 spiro atoms. The van der Waals surface area contributed by atoms with Gasteiger partial charge in [0, 0.05) is 12.4 Å². The van der Waals surface area contributed by atoms with Gasteiger partial charge in [-0.1, -0.05) is 30.1 Å². The highest BCUT2D eigenvalue weighted by Gasteiger charge is 2.13. The molecule has 0 aromatic carbocycles. The van der Waals surface area contributed by atoms with Crippen LogP contribution in [0.2, 0.25) is 10.0 Å². The monoisotopic (exact) mass is 247 g/mol. The molecule has 0 amide bonds. The van der Waals surface area contributed by atoms with Gasteiger partial charge in [-0.15, -0.1) is 0 Å². The number of carboxylic acids is 1. The smallest absolute Gasteiger partial charge is 0.306 e. The molecule has 1 unspecified atom stereocenters. The summed E-state index contributed by atoms with van der Waals surface area (Å²) in [4.78, 5) is 14.4. The molecule has 0 aliphatic rings. The summed E-state index contributed by atoms with van der Waals surface area (Å²) >= 11 is 11.8. The maximum atomic E-state index is 10.6. The standard InChI is InChI=1S/C10H11Cl2NO2/c1-6(10(14)15)2-3-7-8(11)4-13-5-9(7)12/h4-6H,2-3H2,1H3,(H,14,15). The number of rotatable bonds is 4. The molecule has 3 nitrogen and oxygen atoms in total. The van der Waals surface area contributed by atoms with E-state index in [2.05, 4.69) is 4.98 Å². The molecule has 1 aromatic rings. The second kappa shape index (κ2) is 5.33. The third-order valence-corrected chi connectivity index (χ3v) is 2.85. The normalized spacial score (nSPS) is 12.5. The van der Waals surface area contributed by atoms with Gasteiger partial charge in [0.15, 0.2) is 0 Å². The minimum atomic E-state index is -0.809. The summed E-state index contributed by atoms with van der Waals surface area (Å²) in [5, 5.41) is 9.69. The Hall–Kier alpha value is -0.800. The van der Waals surface area contributed by atoms with E-state index < -0.39 is 11.9 Å². The van der Waals surface area contributed by atoms with Crippen molar-refractivity contribution in [2.45, 2.75) is 19.8 Å². The third-order valence-electron chi connectivity index (χ3n) is 2.20. The summed E-state index contributed by atoms with van der Waals surface area (Å²) in [6.07, 6.45) is 4.08. The molecule has 1 aromatic heterocycles. The molecule has 1 rings (SSSR count). The first kappa shape index (κ1) is 12.3. The zero-order valence-corrected chi connectivity index (χ0v) is 9.72. The van der Waals surface area contributed by atoms with Crippen molar-refractivity contribution in [2.24, 2.45) is 5.92 Å². The lowest BCUT2D eigenvalue weighted by Crippen LogP contribution is -2.10. The Kier molecular flexibility index (Phi) is 4.36. The minimum absolute atomic E-state index is 0.398. The van der Waals surface area contributed by atoms with Gasteiger partial charge in [-0.2, -0.15) is 0 Å². The van der Waals surface area contributed by atoms with E-state index >= 15 is 0 Å². The highest BCUT2D eigenvalue weighted by Crippen LogP contribution is 2.25. The van der Waals surface area contributed by atoms with Gasteiger partial charge in [-0.3, -0.25) is 9.78 Å². The summed E-state index contributed by atoms with van der Waals surface area (Å²) in [6.45, 7) is 1.66. The highest BCUT2D eigenvalue weighted by molar-refractivity contribution is 6.35. The molecule has 15 heavy (non-hydrogen) atoms. The summed E-state index contributed by atoms with van der Waals surface area (Å²) in [7, 11) is 0. The van der Waals surface area contributed by atoms with E-state index in [1.54, 1.807) is 6.92 Å². The average Bonchev–Trinajstić information content (AvgIpc) is 2.16. The van der Waals surface area contributed by atoms with Gasteiger partial charge >= 0.3 is 5.97 Å². The fraction of sp³-hybridized carbons (Fsp3) is 0.400. The van der Waals surface area contributed by atoms with Gasteiger partial charge in [0.05, 0.1) is 16.0 Å². The van der Waals surface area contributed by atoms with Crippen LogP contribution < -0.4 is 0 Å². The summed E-state index contributed by atoms with van der Waals surface area (Å²) < 4.78 is 0. The lowest BCUT2D eigenvalue weighted by molar-refractivity contribution is -0.141. The van der Waals surface area contributed by atoms with Crippen molar-refractivity contribution in [1.29, 1.82) is 0 Å². The van der Waals surface area contributed by atoms with Crippen molar-refractivity contribution in [3.63, 3.8) is 0 Å². The SMILES string of the molecule is CC(CCc1c(Cl)cncc1Cl)C(=O)O. The molecular weight excluding hydrogens is 237 g/mol. The summed E-state index contributed by atoms with van der Waals surface area (Å²) in [6, 6.07) is 0. The zero-order chi connectivity index (χ0) is 11.4. The largest absolute Gasteiger partial charge is 0.481 e. The molecule has 82 valence electrons. The van der Waals surface area contributed by atoms with E-state index in [0.29, 0.717) is 22.9 Å². The number of pyridine rings is 1. The van der Waals surface area contributed by atoms with Crippen molar-refractivity contribution in [2.75, 3.05) is 0 Å². The van der Waals surface area contributed by atoms with E-state index in [1.807, 2.05) is 0 Å². The van der Waals surface area contributed by atoms with Gasteiger partial charge in [0.2, 0.25) is 0 Å². The van der Waals surface area contributed by atoms with Crippen molar-refractivity contribution in [3.8, 4) is 0 Å². The molecule has 0 radical (unpaired) electrons. The van der Waals surface area contributed by atoms with Crippen LogP contribution in [0, 0.1) is 5.92 Å². The average molecular weight is 248 g/mol. The Morgan fingerprint density at radius 2 is 2.00 bits per heavy atom. The lowest BCUT2D eigenvalue weighted by Gasteiger charge is -2.08. The quantitative estimate of drug-likeness (QED) is 0.890. The minimum Gasteiger partial charge on any atom is -0.481 e. The molecule has 5 heteroatoms. The van der Waals surface area contributed by atoms with Crippen LogP contribution in [0.25, 0.3) is 0 Å². The van der Waals surface area contributed by atoms with Crippen LogP contribution in [-0.4, -0.2) is 16.1 Å². The predicted octanol–water partition coefficient (Wildman–Crippen LogP) is 3.04. The number of hydrogen-bond donors (Lipinski definition) is 1. The molecule has 0 aliphatic carbocycles. The number of carbonyl (C=O) groups is 1. The van der Waals surface area contributed by atoms with Crippen molar-refractivity contribution in [1.82, 2.24) is 4.98 Å². The van der Waals surface area contributed by atoms with Crippen LogP contribution in [0.4, 0.5) is 0 Å². The van der Waals surface area contributed by atoms with Crippen LogP contribution in [-0.2, 0) is 11.2 Å². The first-order chi connectivity index (χ1) is 7.02. The van der Waals surface area contributed by atoms with Crippen LogP contribution in [0.3, 0.4) is 0 Å². The fourth-order valence-corrected chi connectivity index (χ4v) is 1.71. The number of hydrogen-bond acceptors (Lipinski definition) is 2. The maximum absolute atomic E-state index is 10.6. The Morgan fingerprint density at radius 1 is 1.47 bits per heavy atom. The van der Waals surface area contributed by atoms with E-state index in [4.69, 9.17) is 28.3 Å². The van der Waals surface area contributed by atoms with Gasteiger partial charge < -0.3 is 5.11 Å². The molecule has 1 atom stereocenters. The van der Waals surface area contributed by atoms with Gasteiger partial charge in [0.1, 0.15) is 0 Å². The first-order valence-electron chi connectivity index (χ1n) is 4.53. The van der Waals surface area contributed by atoms with Crippen molar-refractivity contribution in [3.05, 3.63) is 28.0 Å². The highest BCUT2D eigenvalue weighted by atomic mass is 35.5. The Bertz CT molecular complexity index is 348. The van der Waals surface area contributed by atoms with Gasteiger partial charge in [0.25, 0.3) is 0 Å². The van der Waals surface area contributed by atoms with Crippen molar-refractivity contribution >= 4 is 29.2 Å². The number of aromatic nitrogens is 1. The third kappa shape index (κ3) is 3.36. The summed E-state index contributed by atoms with van der Waals surface area (Å²) in [5.74, 6) is -1.21. The van der Waals surface area contributed by atoms with Crippen molar-refractivity contribution < 1.29 is 9.90 Å². The van der Waals surface area contributed by atoms with Crippen LogP contribution in [0.1, 0.15) is 18.9 Å². The topological polar surface area (TPSA) is 50.2 Å². The van der Waals surface area contributed by atoms with E-state index in [-0.39, 0.29) is 0 Å². The van der Waals surface area contributed by atoms with Crippen LogP contribution in [0.5, 0.6) is 0 Å². The summed E-state index contributed by atoms with van der Waals surface area (Å²) in [5.41, 5.74) is 0.765. The number of nitrogens with zero attached hydrogens (tertiary/aromatic N) is 1. The Labute approximate surface area is 98.0 Å². The molecule has 0 aliphatic heterocycles.